The predicted octanol–water partition coefficient (Wildman–Crippen LogP) is 4.72. The number of nitrogens with zero attached hydrogens (tertiary/aromatic N) is 3. The van der Waals surface area contributed by atoms with Crippen molar-refractivity contribution < 1.29 is 32.2 Å². The highest BCUT2D eigenvalue weighted by molar-refractivity contribution is 7.09. The molecule has 0 radical (unpaired) electrons. The average molecular weight is 524 g/mol. The Labute approximate surface area is 211 Å². The number of ether oxygens (including phenoxy) is 2. The molecule has 2 heterocycles. The van der Waals surface area contributed by atoms with Gasteiger partial charge in [0.2, 0.25) is 0 Å². The first-order chi connectivity index (χ1) is 17.1. The number of esters is 1. The van der Waals surface area contributed by atoms with E-state index in [1.54, 1.807) is 25.4 Å². The third-order valence-electron chi connectivity index (χ3n) is 6.82. The van der Waals surface area contributed by atoms with Gasteiger partial charge in [-0.15, -0.1) is 11.3 Å². The lowest BCUT2D eigenvalue weighted by molar-refractivity contribution is -0.271. The van der Waals surface area contributed by atoms with E-state index in [1.165, 1.54) is 35.6 Å². The molecule has 1 fully saturated rings. The largest absolute Gasteiger partial charge is 0.466 e. The van der Waals surface area contributed by atoms with Crippen molar-refractivity contribution in [1.29, 1.82) is 5.26 Å². The van der Waals surface area contributed by atoms with Gasteiger partial charge in [0.15, 0.2) is 0 Å². The van der Waals surface area contributed by atoms with Gasteiger partial charge < -0.3 is 14.4 Å². The number of aryl methyl sites for hydroxylation is 1. The van der Waals surface area contributed by atoms with Crippen LogP contribution < -0.4 is 0 Å². The first-order valence-electron chi connectivity index (χ1n) is 11.5. The molecular formula is C25H28F3N3O4S. The van der Waals surface area contributed by atoms with E-state index in [1.807, 2.05) is 0 Å². The van der Waals surface area contributed by atoms with Crippen LogP contribution in [0.3, 0.4) is 0 Å². The van der Waals surface area contributed by atoms with Crippen LogP contribution in [0, 0.1) is 23.7 Å². The van der Waals surface area contributed by atoms with E-state index in [0.717, 1.165) is 12.0 Å². The second-order valence-corrected chi connectivity index (χ2v) is 9.64. The second-order valence-electron chi connectivity index (χ2n) is 8.75. The molecule has 1 saturated heterocycles. The molecule has 2 aromatic rings. The van der Waals surface area contributed by atoms with Crippen LogP contribution in [-0.4, -0.2) is 54.7 Å². The number of hydrogen-bond acceptors (Lipinski definition) is 7. The zero-order chi connectivity index (χ0) is 26.6. The van der Waals surface area contributed by atoms with Crippen molar-refractivity contribution in [3.63, 3.8) is 0 Å². The topological polar surface area (TPSA) is 92.5 Å². The van der Waals surface area contributed by atoms with Crippen molar-refractivity contribution in [3.05, 3.63) is 52.0 Å². The Morgan fingerprint density at radius 1 is 1.25 bits per heavy atom. The van der Waals surface area contributed by atoms with Crippen LogP contribution in [-0.2, 0) is 24.7 Å². The molecule has 0 spiro atoms. The van der Waals surface area contributed by atoms with E-state index in [2.05, 4.69) is 11.1 Å². The number of amides is 1. The quantitative estimate of drug-likeness (QED) is 0.465. The van der Waals surface area contributed by atoms with E-state index < -0.39 is 35.0 Å². The number of benzene rings is 1. The van der Waals surface area contributed by atoms with Gasteiger partial charge in [0, 0.05) is 36.1 Å². The third-order valence-corrected chi connectivity index (χ3v) is 7.82. The standard InChI is InChI=1S/C25H28F3N3O4S/c1-4-35-20(32)14-23(19(15-29)21-17(2)30-16-36-21)10-12-31(13-11-23)22(33)24(34-3,25(26,27)28)18-8-6-5-7-9-18/h5-9,16,19H,4,10-14H2,1-3H3/t19-,24+/m0/s1. The smallest absolute Gasteiger partial charge is 0.430 e. The molecule has 1 aromatic heterocycles. The van der Waals surface area contributed by atoms with Gasteiger partial charge in [-0.2, -0.15) is 18.4 Å². The lowest BCUT2D eigenvalue weighted by Crippen LogP contribution is -2.59. The van der Waals surface area contributed by atoms with Crippen molar-refractivity contribution in [2.45, 2.75) is 50.8 Å². The fraction of sp³-hybridized carbons (Fsp3) is 0.520. The molecule has 1 aromatic carbocycles. The third kappa shape index (κ3) is 4.97. The van der Waals surface area contributed by atoms with Gasteiger partial charge >= 0.3 is 12.1 Å². The van der Waals surface area contributed by atoms with E-state index in [4.69, 9.17) is 9.47 Å². The minimum Gasteiger partial charge on any atom is -0.466 e. The molecule has 1 aliphatic heterocycles. The molecular weight excluding hydrogens is 495 g/mol. The SMILES string of the molecule is CCOC(=O)CC1([C@@H](C#N)c2scnc2C)CCN(C(=O)[C@](OC)(c2ccccc2)C(F)(F)F)CC1. The number of aromatic nitrogens is 1. The monoisotopic (exact) mass is 523 g/mol. The minimum atomic E-state index is -5.02. The number of methoxy groups -OCH3 is 1. The molecule has 194 valence electrons. The summed E-state index contributed by atoms with van der Waals surface area (Å²) in [5, 5.41) is 10.1. The minimum absolute atomic E-state index is 0.0811. The summed E-state index contributed by atoms with van der Waals surface area (Å²) in [5.41, 5.74) is -2.13. The molecule has 0 saturated carbocycles. The zero-order valence-electron chi connectivity index (χ0n) is 20.3. The summed E-state index contributed by atoms with van der Waals surface area (Å²) in [5.74, 6) is -2.45. The maximum absolute atomic E-state index is 14.4. The number of likely N-dealkylation sites (tertiary alicyclic amines) is 1. The van der Waals surface area contributed by atoms with Crippen LogP contribution in [0.2, 0.25) is 0 Å². The van der Waals surface area contributed by atoms with E-state index >= 15 is 0 Å². The fourth-order valence-corrected chi connectivity index (χ4v) is 5.90. The van der Waals surface area contributed by atoms with Crippen molar-refractivity contribution in [2.75, 3.05) is 26.8 Å². The molecule has 11 heteroatoms. The Balaban J connectivity index is 1.96. The Morgan fingerprint density at radius 2 is 1.89 bits per heavy atom. The molecule has 36 heavy (non-hydrogen) atoms. The predicted molar refractivity (Wildman–Crippen MR) is 126 cm³/mol. The number of piperidine rings is 1. The Bertz CT molecular complexity index is 1110. The molecule has 0 bridgehead atoms. The molecule has 0 N–H and O–H groups in total. The summed E-state index contributed by atoms with van der Waals surface area (Å²) in [6.07, 6.45) is -4.83. The summed E-state index contributed by atoms with van der Waals surface area (Å²) < 4.78 is 53.3. The van der Waals surface area contributed by atoms with Crippen molar-refractivity contribution in [1.82, 2.24) is 9.88 Å². The fourth-order valence-electron chi connectivity index (χ4n) is 4.91. The van der Waals surface area contributed by atoms with Gasteiger partial charge in [0.25, 0.3) is 11.5 Å². The van der Waals surface area contributed by atoms with Crippen LogP contribution in [0.4, 0.5) is 13.2 Å². The van der Waals surface area contributed by atoms with Gasteiger partial charge in [0.05, 0.1) is 36.2 Å². The molecule has 1 amide bonds. The van der Waals surface area contributed by atoms with Crippen molar-refractivity contribution >= 4 is 23.2 Å². The lowest BCUT2D eigenvalue weighted by Gasteiger charge is -2.46. The Hall–Kier alpha value is -2.97. The van der Waals surface area contributed by atoms with E-state index in [0.29, 0.717) is 10.6 Å². The molecule has 0 aliphatic carbocycles. The number of nitriles is 1. The Kier molecular flexibility index (Phi) is 8.41. The van der Waals surface area contributed by atoms with E-state index in [-0.39, 0.29) is 44.5 Å². The van der Waals surface area contributed by atoms with Crippen LogP contribution in [0.25, 0.3) is 0 Å². The maximum atomic E-state index is 14.4. The zero-order valence-corrected chi connectivity index (χ0v) is 21.1. The summed E-state index contributed by atoms with van der Waals surface area (Å²) in [4.78, 5) is 32.0. The van der Waals surface area contributed by atoms with Crippen LogP contribution in [0.5, 0.6) is 0 Å². The van der Waals surface area contributed by atoms with E-state index in [9.17, 15) is 28.0 Å². The van der Waals surface area contributed by atoms with Gasteiger partial charge in [0.1, 0.15) is 0 Å². The average Bonchev–Trinajstić information content (AvgIpc) is 3.26. The number of halogens is 3. The number of carbonyl (C=O) groups is 2. The maximum Gasteiger partial charge on any atom is 0.430 e. The summed E-state index contributed by atoms with van der Waals surface area (Å²) in [6, 6.07) is 9.10. The Morgan fingerprint density at radius 3 is 2.36 bits per heavy atom. The van der Waals surface area contributed by atoms with Crippen LogP contribution in [0.15, 0.2) is 35.8 Å². The van der Waals surface area contributed by atoms with Gasteiger partial charge in [-0.05, 0) is 26.7 Å². The molecule has 0 unspecified atom stereocenters. The van der Waals surface area contributed by atoms with Crippen molar-refractivity contribution in [3.8, 4) is 6.07 Å². The highest BCUT2D eigenvalue weighted by Gasteiger charge is 2.64. The van der Waals surface area contributed by atoms with Gasteiger partial charge in [-0.1, -0.05) is 30.3 Å². The molecule has 7 nitrogen and oxygen atoms in total. The lowest BCUT2D eigenvalue weighted by atomic mass is 9.66. The number of carbonyl (C=O) groups excluding carboxylic acids is 2. The summed E-state index contributed by atoms with van der Waals surface area (Å²) >= 11 is 1.30. The number of alkyl halides is 3. The van der Waals surface area contributed by atoms with Gasteiger partial charge in [-0.25, -0.2) is 4.98 Å². The highest BCUT2D eigenvalue weighted by atomic mass is 32.1. The first kappa shape index (κ1) is 27.6. The number of hydrogen-bond donors (Lipinski definition) is 0. The van der Waals surface area contributed by atoms with Crippen LogP contribution in [0.1, 0.15) is 48.2 Å². The molecule has 2 atom stereocenters. The molecule has 1 aliphatic rings. The summed E-state index contributed by atoms with van der Waals surface area (Å²) in [7, 11) is 0.867. The van der Waals surface area contributed by atoms with Gasteiger partial charge in [-0.3, -0.25) is 9.59 Å². The first-order valence-corrected chi connectivity index (χ1v) is 12.4. The summed E-state index contributed by atoms with van der Waals surface area (Å²) in [6.45, 7) is 3.44. The second kappa shape index (κ2) is 11.0. The molecule has 3 rings (SSSR count). The normalized spacial score (nSPS) is 18.1. The number of rotatable bonds is 8. The number of thiazole rings is 1. The van der Waals surface area contributed by atoms with Crippen molar-refractivity contribution in [2.24, 2.45) is 5.41 Å². The van der Waals surface area contributed by atoms with Crippen LogP contribution >= 0.6 is 11.3 Å². The highest BCUT2D eigenvalue weighted by Crippen LogP contribution is 2.50.